The molecule has 0 bridgehead atoms. The number of hydrogen-bond donors (Lipinski definition) is 1. The summed E-state index contributed by atoms with van der Waals surface area (Å²) in [4.78, 5) is 11.1. The summed E-state index contributed by atoms with van der Waals surface area (Å²) in [7, 11) is 1.38. The van der Waals surface area contributed by atoms with Crippen molar-refractivity contribution >= 4 is 17.5 Å². The van der Waals surface area contributed by atoms with Gasteiger partial charge in [0.2, 0.25) is 0 Å². The lowest BCUT2D eigenvalue weighted by Crippen LogP contribution is -2.19. The summed E-state index contributed by atoms with van der Waals surface area (Å²) in [6.45, 7) is 0. The summed E-state index contributed by atoms with van der Waals surface area (Å²) in [6.07, 6.45) is 0. The van der Waals surface area contributed by atoms with Crippen LogP contribution in [0.4, 0.5) is 4.39 Å². The number of carbonyl (C=O) groups excluding carboxylic acids is 1. The number of nitrogens with one attached hydrogen (secondary N) is 1. The first-order chi connectivity index (χ1) is 6.61. The van der Waals surface area contributed by atoms with E-state index in [0.29, 0.717) is 0 Å². The molecule has 0 radical (unpaired) electrons. The van der Waals surface area contributed by atoms with E-state index < -0.39 is 11.7 Å². The van der Waals surface area contributed by atoms with E-state index in [1.54, 1.807) is 6.07 Å². The third-order valence-corrected chi connectivity index (χ3v) is 1.99. The van der Waals surface area contributed by atoms with Crippen LogP contribution in [0.1, 0.15) is 15.9 Å². The average molecular weight is 213 g/mol. The second-order valence-corrected chi connectivity index (χ2v) is 2.88. The highest BCUT2D eigenvalue weighted by Crippen LogP contribution is 2.21. The van der Waals surface area contributed by atoms with Gasteiger partial charge in [0.1, 0.15) is 11.6 Å². The van der Waals surface area contributed by atoms with Crippen LogP contribution in [0.5, 0.6) is 0 Å². The normalized spacial score (nSPS) is 9.29. The van der Waals surface area contributed by atoms with Gasteiger partial charge < -0.3 is 5.32 Å². The summed E-state index contributed by atoms with van der Waals surface area (Å²) in [5.41, 5.74) is -0.499. The van der Waals surface area contributed by atoms with Crippen molar-refractivity contribution in [2.75, 3.05) is 7.05 Å². The SMILES string of the molecule is CNC(=O)c1ccc(Cl)c(C#N)c1F. The van der Waals surface area contributed by atoms with Gasteiger partial charge in [-0.2, -0.15) is 5.26 Å². The van der Waals surface area contributed by atoms with E-state index in [9.17, 15) is 9.18 Å². The number of rotatable bonds is 1. The molecule has 0 heterocycles. The lowest BCUT2D eigenvalue weighted by atomic mass is 10.1. The van der Waals surface area contributed by atoms with Crippen LogP contribution in [-0.2, 0) is 0 Å². The predicted octanol–water partition coefficient (Wildman–Crippen LogP) is 1.71. The molecule has 0 saturated carbocycles. The average Bonchev–Trinajstić information content (AvgIpc) is 2.18. The molecule has 1 aromatic carbocycles. The maximum absolute atomic E-state index is 13.4. The van der Waals surface area contributed by atoms with E-state index >= 15 is 0 Å². The minimum absolute atomic E-state index is 0.00217. The molecule has 5 heteroatoms. The van der Waals surface area contributed by atoms with Gasteiger partial charge in [0.15, 0.2) is 5.82 Å². The van der Waals surface area contributed by atoms with Gasteiger partial charge in [-0.15, -0.1) is 0 Å². The van der Waals surface area contributed by atoms with Crippen LogP contribution in [-0.4, -0.2) is 13.0 Å². The van der Waals surface area contributed by atoms with Crippen molar-refractivity contribution in [2.45, 2.75) is 0 Å². The summed E-state index contributed by atoms with van der Waals surface area (Å²) in [6, 6.07) is 4.14. The van der Waals surface area contributed by atoms with Crippen molar-refractivity contribution in [3.05, 3.63) is 34.1 Å². The number of nitriles is 1. The molecule has 1 rings (SSSR count). The Morgan fingerprint density at radius 2 is 2.29 bits per heavy atom. The van der Waals surface area contributed by atoms with E-state index in [1.165, 1.54) is 19.2 Å². The Morgan fingerprint density at radius 1 is 1.64 bits per heavy atom. The van der Waals surface area contributed by atoms with Crippen molar-refractivity contribution in [1.82, 2.24) is 5.32 Å². The van der Waals surface area contributed by atoms with Crippen LogP contribution >= 0.6 is 11.6 Å². The first-order valence-corrected chi connectivity index (χ1v) is 4.09. The predicted molar refractivity (Wildman–Crippen MR) is 49.5 cm³/mol. The van der Waals surface area contributed by atoms with Gasteiger partial charge in [-0.1, -0.05) is 11.6 Å². The molecule has 0 atom stereocenters. The summed E-state index contributed by atoms with van der Waals surface area (Å²) >= 11 is 5.56. The fraction of sp³-hybridized carbons (Fsp3) is 0.111. The van der Waals surface area contributed by atoms with Gasteiger partial charge in [-0.05, 0) is 12.1 Å². The van der Waals surface area contributed by atoms with Gasteiger partial charge >= 0.3 is 0 Å². The maximum atomic E-state index is 13.4. The minimum Gasteiger partial charge on any atom is -0.355 e. The Labute approximate surface area is 85.1 Å². The van der Waals surface area contributed by atoms with Gasteiger partial charge in [0.25, 0.3) is 5.91 Å². The minimum atomic E-state index is -0.889. The van der Waals surface area contributed by atoms with E-state index in [0.717, 1.165) is 0 Å². The largest absolute Gasteiger partial charge is 0.355 e. The zero-order valence-corrected chi connectivity index (χ0v) is 8.02. The number of benzene rings is 1. The third-order valence-electron chi connectivity index (χ3n) is 1.67. The molecule has 0 aliphatic carbocycles. The fourth-order valence-corrected chi connectivity index (χ4v) is 1.15. The quantitative estimate of drug-likeness (QED) is 0.771. The first kappa shape index (κ1) is 10.5. The second kappa shape index (κ2) is 4.07. The number of hydrogen-bond acceptors (Lipinski definition) is 2. The van der Waals surface area contributed by atoms with Crippen LogP contribution in [0.2, 0.25) is 5.02 Å². The monoisotopic (exact) mass is 212 g/mol. The Morgan fingerprint density at radius 3 is 2.79 bits per heavy atom. The van der Waals surface area contributed by atoms with Crippen LogP contribution in [0.25, 0.3) is 0 Å². The highest BCUT2D eigenvalue weighted by atomic mass is 35.5. The lowest BCUT2D eigenvalue weighted by molar-refractivity contribution is 0.0959. The maximum Gasteiger partial charge on any atom is 0.254 e. The van der Waals surface area contributed by atoms with Gasteiger partial charge in [-0.25, -0.2) is 4.39 Å². The summed E-state index contributed by atoms with van der Waals surface area (Å²) in [5, 5.41) is 10.8. The molecule has 0 spiro atoms. The van der Waals surface area contributed by atoms with Crippen LogP contribution in [0.15, 0.2) is 12.1 Å². The molecule has 0 saturated heterocycles. The Bertz CT molecular complexity index is 426. The van der Waals surface area contributed by atoms with Crippen molar-refractivity contribution in [3.8, 4) is 6.07 Å². The highest BCUT2D eigenvalue weighted by molar-refractivity contribution is 6.31. The van der Waals surface area contributed by atoms with Crippen molar-refractivity contribution in [2.24, 2.45) is 0 Å². The van der Waals surface area contributed by atoms with Crippen molar-refractivity contribution < 1.29 is 9.18 Å². The Kier molecular flexibility index (Phi) is 3.05. The lowest BCUT2D eigenvalue weighted by Gasteiger charge is -2.03. The molecule has 0 aliphatic rings. The first-order valence-electron chi connectivity index (χ1n) is 3.72. The molecule has 0 unspecified atom stereocenters. The molecule has 3 nitrogen and oxygen atoms in total. The van der Waals surface area contributed by atoms with Crippen LogP contribution in [0, 0.1) is 17.1 Å². The van der Waals surface area contributed by atoms with Gasteiger partial charge in [0.05, 0.1) is 10.6 Å². The molecule has 1 aromatic rings. The van der Waals surface area contributed by atoms with Crippen molar-refractivity contribution in [3.63, 3.8) is 0 Å². The molecule has 0 fully saturated rings. The van der Waals surface area contributed by atoms with E-state index in [2.05, 4.69) is 5.32 Å². The van der Waals surface area contributed by atoms with E-state index in [-0.39, 0.29) is 16.1 Å². The van der Waals surface area contributed by atoms with Gasteiger partial charge in [0, 0.05) is 7.05 Å². The van der Waals surface area contributed by atoms with Crippen LogP contribution < -0.4 is 5.32 Å². The summed E-state index contributed by atoms with van der Waals surface area (Å²) < 4.78 is 13.4. The molecule has 1 N–H and O–H groups in total. The molecule has 14 heavy (non-hydrogen) atoms. The molecule has 0 aliphatic heterocycles. The van der Waals surface area contributed by atoms with Crippen LogP contribution in [0.3, 0.4) is 0 Å². The standard InChI is InChI=1S/C9H6ClFN2O/c1-13-9(14)5-2-3-7(10)6(4-12)8(5)11/h2-3H,1H3,(H,13,14). The Balaban J connectivity index is 3.37. The second-order valence-electron chi connectivity index (χ2n) is 2.47. The highest BCUT2D eigenvalue weighted by Gasteiger charge is 2.16. The van der Waals surface area contributed by atoms with E-state index in [1.807, 2.05) is 0 Å². The zero-order valence-electron chi connectivity index (χ0n) is 7.27. The molecule has 0 aromatic heterocycles. The number of amides is 1. The molecular weight excluding hydrogens is 207 g/mol. The molecular formula is C9H6ClFN2O. The van der Waals surface area contributed by atoms with E-state index in [4.69, 9.17) is 16.9 Å². The van der Waals surface area contributed by atoms with Gasteiger partial charge in [-0.3, -0.25) is 4.79 Å². The van der Waals surface area contributed by atoms with Crippen molar-refractivity contribution in [1.29, 1.82) is 5.26 Å². The number of halogens is 2. The zero-order chi connectivity index (χ0) is 10.7. The number of nitrogens with zero attached hydrogens (tertiary/aromatic N) is 1. The third kappa shape index (κ3) is 1.68. The number of carbonyl (C=O) groups is 1. The Hall–Kier alpha value is -1.60. The smallest absolute Gasteiger partial charge is 0.254 e. The molecule has 1 amide bonds. The topological polar surface area (TPSA) is 52.9 Å². The fourth-order valence-electron chi connectivity index (χ4n) is 0.965. The summed E-state index contributed by atoms with van der Waals surface area (Å²) in [5.74, 6) is -1.48. The molecule has 72 valence electrons.